The van der Waals surface area contributed by atoms with Crippen LogP contribution in [0.2, 0.25) is 5.02 Å². The second-order valence-corrected chi connectivity index (χ2v) is 7.13. The van der Waals surface area contributed by atoms with Gasteiger partial charge in [0.2, 0.25) is 0 Å². The summed E-state index contributed by atoms with van der Waals surface area (Å²) in [5.74, 6) is 0. The first-order valence-corrected chi connectivity index (χ1v) is 8.71. The SMILES string of the molecule is Cc1ccc(-n2cccn2)cc1NS(=O)(=O)c1ccc(Cl)cc1. The fourth-order valence-electron chi connectivity index (χ4n) is 2.10. The lowest BCUT2D eigenvalue weighted by Gasteiger charge is -2.12. The normalized spacial score (nSPS) is 11.4. The van der Waals surface area contributed by atoms with Crippen LogP contribution < -0.4 is 4.72 Å². The van der Waals surface area contributed by atoms with Crippen molar-refractivity contribution in [3.63, 3.8) is 0 Å². The number of benzene rings is 2. The zero-order valence-electron chi connectivity index (χ0n) is 12.3. The van der Waals surface area contributed by atoms with E-state index in [2.05, 4.69) is 9.82 Å². The van der Waals surface area contributed by atoms with Crippen molar-refractivity contribution in [3.8, 4) is 5.69 Å². The molecule has 3 rings (SSSR count). The number of anilines is 1. The maximum atomic E-state index is 12.5. The summed E-state index contributed by atoms with van der Waals surface area (Å²) in [6.45, 7) is 1.84. The molecule has 0 unspecified atom stereocenters. The van der Waals surface area contributed by atoms with Crippen LogP contribution in [0.25, 0.3) is 5.69 Å². The molecule has 1 aromatic heterocycles. The Hall–Kier alpha value is -2.31. The van der Waals surface area contributed by atoms with Crippen molar-refractivity contribution in [2.24, 2.45) is 0 Å². The molecular formula is C16H14ClN3O2S. The predicted octanol–water partition coefficient (Wildman–Crippen LogP) is 3.63. The first-order valence-electron chi connectivity index (χ1n) is 6.85. The van der Waals surface area contributed by atoms with E-state index in [1.165, 1.54) is 12.1 Å². The molecular weight excluding hydrogens is 334 g/mol. The molecule has 0 spiro atoms. The van der Waals surface area contributed by atoms with Crippen LogP contribution in [-0.2, 0) is 10.0 Å². The van der Waals surface area contributed by atoms with Gasteiger partial charge in [-0.15, -0.1) is 0 Å². The largest absolute Gasteiger partial charge is 0.279 e. The molecule has 118 valence electrons. The highest BCUT2D eigenvalue weighted by Gasteiger charge is 2.15. The fourth-order valence-corrected chi connectivity index (χ4v) is 3.35. The van der Waals surface area contributed by atoms with Crippen molar-refractivity contribution < 1.29 is 8.42 Å². The fraction of sp³-hybridized carbons (Fsp3) is 0.0625. The monoisotopic (exact) mass is 347 g/mol. The van der Waals surface area contributed by atoms with Crippen molar-refractivity contribution >= 4 is 27.3 Å². The number of sulfonamides is 1. The van der Waals surface area contributed by atoms with Crippen LogP contribution in [0.15, 0.2) is 65.8 Å². The summed E-state index contributed by atoms with van der Waals surface area (Å²) in [5.41, 5.74) is 2.10. The third-order valence-corrected chi connectivity index (χ3v) is 4.99. The summed E-state index contributed by atoms with van der Waals surface area (Å²) in [7, 11) is -3.68. The van der Waals surface area contributed by atoms with Gasteiger partial charge in [-0.3, -0.25) is 4.72 Å². The van der Waals surface area contributed by atoms with E-state index in [0.29, 0.717) is 10.7 Å². The third kappa shape index (κ3) is 3.38. The van der Waals surface area contributed by atoms with Crippen molar-refractivity contribution in [2.75, 3.05) is 4.72 Å². The van der Waals surface area contributed by atoms with Crippen LogP contribution >= 0.6 is 11.6 Å². The molecule has 3 aromatic rings. The van der Waals surface area contributed by atoms with Gasteiger partial charge in [-0.1, -0.05) is 17.7 Å². The highest BCUT2D eigenvalue weighted by Crippen LogP contribution is 2.23. The minimum atomic E-state index is -3.68. The van der Waals surface area contributed by atoms with Crippen LogP contribution in [0.5, 0.6) is 0 Å². The Labute approximate surface area is 139 Å². The van der Waals surface area contributed by atoms with E-state index in [-0.39, 0.29) is 4.90 Å². The Morgan fingerprint density at radius 2 is 1.87 bits per heavy atom. The molecule has 0 amide bonds. The number of rotatable bonds is 4. The smallest absolute Gasteiger partial charge is 0.261 e. The van der Waals surface area contributed by atoms with E-state index in [0.717, 1.165) is 11.3 Å². The average Bonchev–Trinajstić information content (AvgIpc) is 3.04. The van der Waals surface area contributed by atoms with Crippen LogP contribution in [0, 0.1) is 6.92 Å². The minimum Gasteiger partial charge on any atom is -0.279 e. The zero-order chi connectivity index (χ0) is 16.4. The summed E-state index contributed by atoms with van der Waals surface area (Å²) in [4.78, 5) is 0.158. The number of aromatic nitrogens is 2. The van der Waals surface area contributed by atoms with Crippen molar-refractivity contribution in [2.45, 2.75) is 11.8 Å². The van der Waals surface area contributed by atoms with Gasteiger partial charge >= 0.3 is 0 Å². The molecule has 0 aliphatic carbocycles. The van der Waals surface area contributed by atoms with E-state index >= 15 is 0 Å². The van der Waals surface area contributed by atoms with Crippen molar-refractivity contribution in [1.82, 2.24) is 9.78 Å². The third-order valence-electron chi connectivity index (χ3n) is 3.36. The number of hydrogen-bond acceptors (Lipinski definition) is 3. The molecule has 0 aliphatic heterocycles. The second-order valence-electron chi connectivity index (χ2n) is 5.01. The summed E-state index contributed by atoms with van der Waals surface area (Å²) in [6, 6.07) is 13.3. The maximum Gasteiger partial charge on any atom is 0.261 e. The lowest BCUT2D eigenvalue weighted by atomic mass is 10.2. The Balaban J connectivity index is 1.96. The molecule has 0 saturated carbocycles. The molecule has 7 heteroatoms. The molecule has 2 aromatic carbocycles. The standard InChI is InChI=1S/C16H14ClN3O2S/c1-12-3-6-14(20-10-2-9-18-20)11-16(12)19-23(21,22)15-7-4-13(17)5-8-15/h2-11,19H,1H3. The first-order chi connectivity index (χ1) is 11.0. The Morgan fingerprint density at radius 3 is 2.52 bits per heavy atom. The van der Waals surface area contributed by atoms with Crippen LogP contribution in [0.1, 0.15) is 5.56 Å². The van der Waals surface area contributed by atoms with Gasteiger partial charge in [0.15, 0.2) is 0 Å². The second kappa shape index (κ2) is 6.06. The lowest BCUT2D eigenvalue weighted by Crippen LogP contribution is -2.14. The van der Waals surface area contributed by atoms with Gasteiger partial charge in [-0.05, 0) is 55.0 Å². The molecule has 1 N–H and O–H groups in total. The van der Waals surface area contributed by atoms with Gasteiger partial charge in [0, 0.05) is 17.4 Å². The first kappa shape index (κ1) is 15.6. The summed E-state index contributed by atoms with van der Waals surface area (Å²) in [5, 5.41) is 4.63. The summed E-state index contributed by atoms with van der Waals surface area (Å²) >= 11 is 5.80. The molecule has 5 nitrogen and oxygen atoms in total. The van der Waals surface area contributed by atoms with Gasteiger partial charge < -0.3 is 0 Å². The van der Waals surface area contributed by atoms with Crippen molar-refractivity contribution in [3.05, 3.63) is 71.5 Å². The minimum absolute atomic E-state index is 0.158. The average molecular weight is 348 g/mol. The number of nitrogens with one attached hydrogen (secondary N) is 1. The molecule has 0 fully saturated rings. The van der Waals surface area contributed by atoms with E-state index < -0.39 is 10.0 Å². The van der Waals surface area contributed by atoms with Crippen molar-refractivity contribution in [1.29, 1.82) is 0 Å². The van der Waals surface area contributed by atoms with E-state index in [4.69, 9.17) is 11.6 Å². The highest BCUT2D eigenvalue weighted by atomic mass is 35.5. The molecule has 0 saturated heterocycles. The Morgan fingerprint density at radius 1 is 1.13 bits per heavy atom. The number of aryl methyl sites for hydroxylation is 1. The molecule has 0 bridgehead atoms. The molecule has 0 aliphatic rings. The van der Waals surface area contributed by atoms with Gasteiger partial charge in [0.1, 0.15) is 0 Å². The zero-order valence-corrected chi connectivity index (χ0v) is 13.8. The van der Waals surface area contributed by atoms with Gasteiger partial charge in [0.05, 0.1) is 16.3 Å². The molecule has 0 radical (unpaired) electrons. The highest BCUT2D eigenvalue weighted by molar-refractivity contribution is 7.92. The van der Waals surface area contributed by atoms with Gasteiger partial charge in [0.25, 0.3) is 10.0 Å². The topological polar surface area (TPSA) is 64.0 Å². The number of nitrogens with zero attached hydrogens (tertiary/aromatic N) is 2. The quantitative estimate of drug-likeness (QED) is 0.783. The van der Waals surface area contributed by atoms with E-state index in [1.54, 1.807) is 41.3 Å². The van der Waals surface area contributed by atoms with Crippen LogP contribution in [-0.4, -0.2) is 18.2 Å². The molecule has 23 heavy (non-hydrogen) atoms. The Kier molecular flexibility index (Phi) is 4.11. The van der Waals surface area contributed by atoms with E-state index in [9.17, 15) is 8.42 Å². The number of hydrogen-bond donors (Lipinski definition) is 1. The predicted molar refractivity (Wildman–Crippen MR) is 90.6 cm³/mol. The lowest BCUT2D eigenvalue weighted by molar-refractivity contribution is 0.601. The Bertz CT molecular complexity index is 920. The van der Waals surface area contributed by atoms with Gasteiger partial charge in [-0.2, -0.15) is 5.10 Å². The summed E-state index contributed by atoms with van der Waals surface area (Å²) < 4.78 is 29.3. The van der Waals surface area contributed by atoms with Crippen LogP contribution in [0.4, 0.5) is 5.69 Å². The molecule has 0 atom stereocenters. The van der Waals surface area contributed by atoms with Gasteiger partial charge in [-0.25, -0.2) is 13.1 Å². The van der Waals surface area contributed by atoms with Crippen LogP contribution in [0.3, 0.4) is 0 Å². The number of halogens is 1. The molecule has 1 heterocycles. The maximum absolute atomic E-state index is 12.5. The van der Waals surface area contributed by atoms with E-state index in [1.807, 2.05) is 19.1 Å². The summed E-state index contributed by atoms with van der Waals surface area (Å²) in [6.07, 6.45) is 3.46.